The molecular formula is C18H19F3N2O3S. The van der Waals surface area contributed by atoms with Crippen molar-refractivity contribution in [3.8, 4) is 0 Å². The van der Waals surface area contributed by atoms with E-state index in [9.17, 15) is 26.4 Å². The summed E-state index contributed by atoms with van der Waals surface area (Å²) in [5.74, 6) is -0.554. The minimum atomic E-state index is -4.56. The molecule has 2 rings (SSSR count). The Labute approximate surface area is 155 Å². The van der Waals surface area contributed by atoms with Crippen LogP contribution in [0.25, 0.3) is 0 Å². The molecule has 9 heteroatoms. The van der Waals surface area contributed by atoms with Crippen LogP contribution in [0.4, 0.5) is 18.9 Å². The van der Waals surface area contributed by atoms with Gasteiger partial charge in [0.2, 0.25) is 15.9 Å². The second kappa shape index (κ2) is 7.69. The molecular weight excluding hydrogens is 381 g/mol. The smallest absolute Gasteiger partial charge is 0.325 e. The molecule has 0 aliphatic heterocycles. The van der Waals surface area contributed by atoms with Gasteiger partial charge in [0, 0.05) is 12.7 Å². The van der Waals surface area contributed by atoms with Crippen molar-refractivity contribution >= 4 is 21.6 Å². The molecule has 0 aliphatic carbocycles. The topological polar surface area (TPSA) is 66.5 Å². The first-order chi connectivity index (χ1) is 12.4. The summed E-state index contributed by atoms with van der Waals surface area (Å²) < 4.78 is 63.5. The van der Waals surface area contributed by atoms with Crippen molar-refractivity contribution < 1.29 is 26.4 Å². The quantitative estimate of drug-likeness (QED) is 0.834. The number of carbonyl (C=O) groups excluding carboxylic acids is 1. The van der Waals surface area contributed by atoms with E-state index in [-0.39, 0.29) is 4.90 Å². The molecule has 0 unspecified atom stereocenters. The zero-order chi connectivity index (χ0) is 20.4. The predicted octanol–water partition coefficient (Wildman–Crippen LogP) is 3.58. The number of nitrogens with zero attached hydrogens (tertiary/aromatic N) is 1. The van der Waals surface area contributed by atoms with Crippen LogP contribution in [-0.4, -0.2) is 32.2 Å². The van der Waals surface area contributed by atoms with Crippen molar-refractivity contribution in [1.29, 1.82) is 0 Å². The van der Waals surface area contributed by atoms with E-state index in [1.807, 2.05) is 19.9 Å². The van der Waals surface area contributed by atoms with Crippen molar-refractivity contribution in [2.45, 2.75) is 24.9 Å². The summed E-state index contributed by atoms with van der Waals surface area (Å²) in [6, 6.07) is 8.47. The highest BCUT2D eigenvalue weighted by Gasteiger charge is 2.31. The normalized spacial score (nSPS) is 12.3. The van der Waals surface area contributed by atoms with Crippen molar-refractivity contribution in [2.75, 3.05) is 18.9 Å². The van der Waals surface area contributed by atoms with Crippen LogP contribution >= 0.6 is 0 Å². The lowest BCUT2D eigenvalue weighted by Gasteiger charge is -2.18. The number of alkyl halides is 3. The fraction of sp³-hybridized carbons (Fsp3) is 0.278. The predicted molar refractivity (Wildman–Crippen MR) is 95.8 cm³/mol. The summed E-state index contributed by atoms with van der Waals surface area (Å²) in [4.78, 5) is 11.9. The van der Waals surface area contributed by atoms with Gasteiger partial charge in [-0.15, -0.1) is 0 Å². The number of hydrogen-bond donors (Lipinski definition) is 1. The van der Waals surface area contributed by atoms with E-state index in [0.29, 0.717) is 17.8 Å². The monoisotopic (exact) mass is 400 g/mol. The minimum Gasteiger partial charge on any atom is -0.325 e. The number of sulfonamides is 1. The summed E-state index contributed by atoms with van der Waals surface area (Å²) in [7, 11) is -2.91. The van der Waals surface area contributed by atoms with Gasteiger partial charge in [0.15, 0.2) is 0 Å². The molecule has 0 atom stereocenters. The second-order valence-electron chi connectivity index (χ2n) is 6.08. The Balaban J connectivity index is 2.12. The highest BCUT2D eigenvalue weighted by Crippen LogP contribution is 2.30. The number of anilines is 1. The molecule has 0 radical (unpaired) electrons. The maximum atomic E-state index is 12.6. The van der Waals surface area contributed by atoms with Crippen LogP contribution in [0.2, 0.25) is 0 Å². The lowest BCUT2D eigenvalue weighted by molar-refractivity contribution is -0.137. The van der Waals surface area contributed by atoms with Crippen LogP contribution < -0.4 is 5.32 Å². The van der Waals surface area contributed by atoms with Gasteiger partial charge in [0.05, 0.1) is 17.0 Å². The van der Waals surface area contributed by atoms with E-state index < -0.39 is 34.2 Å². The Morgan fingerprint density at radius 2 is 1.67 bits per heavy atom. The molecule has 1 amide bonds. The number of halogens is 3. The Hall–Kier alpha value is -2.39. The van der Waals surface area contributed by atoms with Gasteiger partial charge in [-0.3, -0.25) is 4.79 Å². The number of rotatable bonds is 5. The average Bonchev–Trinajstić information content (AvgIpc) is 2.58. The summed E-state index contributed by atoms with van der Waals surface area (Å²) in [5.41, 5.74) is 1.45. The molecule has 0 spiro atoms. The summed E-state index contributed by atoms with van der Waals surface area (Å²) in [6.07, 6.45) is -4.56. The minimum absolute atomic E-state index is 0.322. The zero-order valence-corrected chi connectivity index (χ0v) is 15.8. The molecule has 0 aromatic heterocycles. The van der Waals surface area contributed by atoms with Crippen LogP contribution in [0, 0.1) is 13.8 Å². The van der Waals surface area contributed by atoms with Crippen molar-refractivity contribution in [3.63, 3.8) is 0 Å². The van der Waals surface area contributed by atoms with Crippen LogP contribution in [-0.2, 0) is 21.0 Å². The molecule has 0 bridgehead atoms. The summed E-state index contributed by atoms with van der Waals surface area (Å²) in [6.45, 7) is 3.23. The number of carbonyl (C=O) groups is 1. The van der Waals surface area contributed by atoms with Crippen LogP contribution in [0.1, 0.15) is 16.7 Å². The molecule has 2 aromatic carbocycles. The van der Waals surface area contributed by atoms with Gasteiger partial charge in [-0.25, -0.2) is 8.42 Å². The highest BCUT2D eigenvalue weighted by molar-refractivity contribution is 7.89. The molecule has 0 aliphatic rings. The Morgan fingerprint density at radius 1 is 1.07 bits per heavy atom. The number of hydrogen-bond acceptors (Lipinski definition) is 3. The average molecular weight is 400 g/mol. The van der Waals surface area contributed by atoms with Gasteiger partial charge in [-0.05, 0) is 55.3 Å². The largest absolute Gasteiger partial charge is 0.416 e. The molecule has 2 aromatic rings. The lowest BCUT2D eigenvalue weighted by Crippen LogP contribution is -2.35. The van der Waals surface area contributed by atoms with Gasteiger partial charge in [0.25, 0.3) is 0 Å². The van der Waals surface area contributed by atoms with E-state index in [0.717, 1.165) is 27.6 Å². The van der Waals surface area contributed by atoms with E-state index in [1.165, 1.54) is 7.05 Å². The zero-order valence-electron chi connectivity index (χ0n) is 15.0. The maximum Gasteiger partial charge on any atom is 0.416 e. The molecule has 1 N–H and O–H groups in total. The maximum absolute atomic E-state index is 12.6. The van der Waals surface area contributed by atoms with Gasteiger partial charge in [-0.1, -0.05) is 12.1 Å². The number of aryl methyl sites for hydroxylation is 1. The van der Waals surface area contributed by atoms with Crippen LogP contribution in [0.3, 0.4) is 0 Å². The standard InChI is InChI=1S/C18H19F3N2O3S/c1-12-5-4-6-16(13(12)2)22-17(24)11-23(3)27(25,26)15-9-7-14(8-10-15)18(19,20)21/h4-10H,11H2,1-3H3,(H,22,24). The Kier molecular flexibility index (Phi) is 5.96. The molecule has 27 heavy (non-hydrogen) atoms. The summed E-state index contributed by atoms with van der Waals surface area (Å²) >= 11 is 0. The molecule has 0 saturated carbocycles. The molecule has 146 valence electrons. The Bertz CT molecular complexity index is 939. The SMILES string of the molecule is Cc1cccc(NC(=O)CN(C)S(=O)(=O)c2ccc(C(F)(F)F)cc2)c1C. The molecule has 0 heterocycles. The van der Waals surface area contributed by atoms with Crippen molar-refractivity contribution in [1.82, 2.24) is 4.31 Å². The number of nitrogens with one attached hydrogen (secondary N) is 1. The number of amides is 1. The number of benzene rings is 2. The van der Waals surface area contributed by atoms with Gasteiger partial charge in [-0.2, -0.15) is 17.5 Å². The third-order valence-electron chi connectivity index (χ3n) is 4.13. The van der Waals surface area contributed by atoms with Crippen molar-refractivity contribution in [3.05, 3.63) is 59.2 Å². The molecule has 0 saturated heterocycles. The van der Waals surface area contributed by atoms with E-state index in [1.54, 1.807) is 12.1 Å². The first kappa shape index (κ1) is 20.9. The summed E-state index contributed by atoms with van der Waals surface area (Å²) in [5, 5.41) is 2.64. The molecule has 0 fully saturated rings. The lowest BCUT2D eigenvalue weighted by atomic mass is 10.1. The second-order valence-corrected chi connectivity index (χ2v) is 8.12. The fourth-order valence-corrected chi connectivity index (χ4v) is 3.49. The highest BCUT2D eigenvalue weighted by atomic mass is 32.2. The van der Waals surface area contributed by atoms with Gasteiger partial charge >= 0.3 is 6.18 Å². The third-order valence-corrected chi connectivity index (χ3v) is 5.95. The van der Waals surface area contributed by atoms with Crippen LogP contribution in [0.5, 0.6) is 0 Å². The third kappa shape index (κ3) is 4.86. The van der Waals surface area contributed by atoms with Crippen LogP contribution in [0.15, 0.2) is 47.4 Å². The molecule has 5 nitrogen and oxygen atoms in total. The van der Waals surface area contributed by atoms with Gasteiger partial charge in [0.1, 0.15) is 0 Å². The van der Waals surface area contributed by atoms with E-state index >= 15 is 0 Å². The van der Waals surface area contributed by atoms with E-state index in [4.69, 9.17) is 0 Å². The van der Waals surface area contributed by atoms with Gasteiger partial charge < -0.3 is 5.32 Å². The first-order valence-electron chi connectivity index (χ1n) is 7.92. The van der Waals surface area contributed by atoms with Crippen molar-refractivity contribution in [2.24, 2.45) is 0 Å². The first-order valence-corrected chi connectivity index (χ1v) is 9.36. The fourth-order valence-electron chi connectivity index (χ4n) is 2.36. The number of likely N-dealkylation sites (N-methyl/N-ethyl adjacent to an activating group) is 1. The van der Waals surface area contributed by atoms with E-state index in [2.05, 4.69) is 5.32 Å². The Morgan fingerprint density at radius 3 is 2.22 bits per heavy atom.